The molecular formula is C11H14BrNO3. The molecule has 0 aliphatic carbocycles. The topological polar surface area (TPSA) is 61.5 Å². The van der Waals surface area contributed by atoms with E-state index in [4.69, 9.17) is 15.2 Å². The van der Waals surface area contributed by atoms with Crippen LogP contribution in [-0.2, 0) is 4.74 Å². The van der Waals surface area contributed by atoms with Gasteiger partial charge in [0, 0.05) is 11.8 Å². The molecule has 0 aliphatic rings. The lowest BCUT2D eigenvalue weighted by Gasteiger charge is -2.09. The van der Waals surface area contributed by atoms with Crippen molar-refractivity contribution in [2.45, 2.75) is 13.3 Å². The summed E-state index contributed by atoms with van der Waals surface area (Å²) in [5.74, 6) is 0.173. The molecule has 0 atom stereocenters. The Kier molecular flexibility index (Phi) is 4.61. The first-order valence-corrected chi connectivity index (χ1v) is 5.69. The third-order valence-electron chi connectivity index (χ3n) is 1.98. The molecule has 2 N–H and O–H groups in total. The molecule has 0 fully saturated rings. The van der Waals surface area contributed by atoms with Crippen LogP contribution in [0.2, 0.25) is 0 Å². The summed E-state index contributed by atoms with van der Waals surface area (Å²) in [5.41, 5.74) is 6.43. The Labute approximate surface area is 103 Å². The number of hydrogen-bond acceptors (Lipinski definition) is 4. The fraction of sp³-hybridized carbons (Fsp3) is 0.364. The molecule has 0 saturated carbocycles. The Morgan fingerprint density at radius 1 is 1.50 bits per heavy atom. The summed E-state index contributed by atoms with van der Waals surface area (Å²) in [6.45, 7) is 2.32. The first-order chi connectivity index (χ1) is 7.60. The zero-order valence-corrected chi connectivity index (χ0v) is 10.8. The van der Waals surface area contributed by atoms with Crippen molar-refractivity contribution >= 4 is 27.6 Å². The fourth-order valence-electron chi connectivity index (χ4n) is 1.17. The molecule has 1 aromatic rings. The van der Waals surface area contributed by atoms with Crippen molar-refractivity contribution in [3.8, 4) is 5.75 Å². The second kappa shape index (κ2) is 5.75. The van der Waals surface area contributed by atoms with Crippen LogP contribution in [0.4, 0.5) is 5.69 Å². The van der Waals surface area contributed by atoms with Crippen molar-refractivity contribution in [1.82, 2.24) is 0 Å². The van der Waals surface area contributed by atoms with E-state index >= 15 is 0 Å². The van der Waals surface area contributed by atoms with Crippen molar-refractivity contribution in [2.24, 2.45) is 0 Å². The maximum Gasteiger partial charge on any atom is 0.340 e. The van der Waals surface area contributed by atoms with Gasteiger partial charge < -0.3 is 15.2 Å². The second-order valence-electron chi connectivity index (χ2n) is 3.21. The van der Waals surface area contributed by atoms with Crippen molar-refractivity contribution in [3.05, 3.63) is 22.2 Å². The van der Waals surface area contributed by atoms with Crippen molar-refractivity contribution in [2.75, 3.05) is 19.5 Å². The van der Waals surface area contributed by atoms with E-state index in [9.17, 15) is 4.79 Å². The number of esters is 1. The average Bonchev–Trinajstić information content (AvgIpc) is 2.28. The first kappa shape index (κ1) is 12.8. The van der Waals surface area contributed by atoms with Gasteiger partial charge in [0.05, 0.1) is 23.8 Å². The number of anilines is 1. The van der Waals surface area contributed by atoms with Crippen molar-refractivity contribution < 1.29 is 14.3 Å². The smallest absolute Gasteiger partial charge is 0.340 e. The van der Waals surface area contributed by atoms with E-state index in [1.807, 2.05) is 6.92 Å². The molecule has 16 heavy (non-hydrogen) atoms. The molecule has 1 rings (SSSR count). The molecule has 0 bridgehead atoms. The van der Waals surface area contributed by atoms with E-state index in [1.165, 1.54) is 7.11 Å². The van der Waals surface area contributed by atoms with Crippen LogP contribution in [0.25, 0.3) is 0 Å². The van der Waals surface area contributed by atoms with Crippen molar-refractivity contribution in [3.63, 3.8) is 0 Å². The van der Waals surface area contributed by atoms with E-state index in [0.717, 1.165) is 6.42 Å². The Morgan fingerprint density at radius 3 is 2.75 bits per heavy atom. The predicted molar refractivity (Wildman–Crippen MR) is 65.7 cm³/mol. The SMILES string of the molecule is CCCOC(=O)c1cc(Br)c(OC)cc1N. The molecule has 4 nitrogen and oxygen atoms in total. The lowest BCUT2D eigenvalue weighted by atomic mass is 10.2. The van der Waals surface area contributed by atoms with E-state index in [2.05, 4.69) is 15.9 Å². The van der Waals surface area contributed by atoms with Crippen LogP contribution in [0.5, 0.6) is 5.75 Å². The normalized spacial score (nSPS) is 9.94. The number of methoxy groups -OCH3 is 1. The molecule has 0 aromatic heterocycles. The van der Waals surface area contributed by atoms with Crippen LogP contribution in [0.15, 0.2) is 16.6 Å². The number of hydrogen-bond donors (Lipinski definition) is 1. The number of nitrogens with two attached hydrogens (primary N) is 1. The largest absolute Gasteiger partial charge is 0.495 e. The highest BCUT2D eigenvalue weighted by Gasteiger charge is 2.14. The molecule has 0 radical (unpaired) electrons. The van der Waals surface area contributed by atoms with Gasteiger partial charge in [-0.25, -0.2) is 4.79 Å². The van der Waals surface area contributed by atoms with Gasteiger partial charge in [-0.05, 0) is 28.4 Å². The lowest BCUT2D eigenvalue weighted by molar-refractivity contribution is 0.0506. The van der Waals surface area contributed by atoms with Crippen LogP contribution in [-0.4, -0.2) is 19.7 Å². The number of halogens is 1. The molecule has 0 unspecified atom stereocenters. The van der Waals surface area contributed by atoms with Gasteiger partial charge in [-0.1, -0.05) is 6.92 Å². The summed E-state index contributed by atoms with van der Waals surface area (Å²) in [6, 6.07) is 3.19. The second-order valence-corrected chi connectivity index (χ2v) is 4.06. The van der Waals surface area contributed by atoms with E-state index in [1.54, 1.807) is 12.1 Å². The zero-order chi connectivity index (χ0) is 12.1. The minimum Gasteiger partial charge on any atom is -0.495 e. The molecule has 0 heterocycles. The number of carbonyl (C=O) groups is 1. The Hall–Kier alpha value is -1.23. The van der Waals surface area contributed by atoms with E-state index in [0.29, 0.717) is 28.1 Å². The maximum absolute atomic E-state index is 11.6. The summed E-state index contributed by atoms with van der Waals surface area (Å²) in [7, 11) is 1.54. The van der Waals surface area contributed by atoms with Crippen molar-refractivity contribution in [1.29, 1.82) is 0 Å². The number of benzene rings is 1. The molecule has 0 aliphatic heterocycles. The number of nitrogen functional groups attached to an aromatic ring is 1. The van der Waals surface area contributed by atoms with Crippen LogP contribution in [0.1, 0.15) is 23.7 Å². The van der Waals surface area contributed by atoms with Crippen LogP contribution < -0.4 is 10.5 Å². The lowest BCUT2D eigenvalue weighted by Crippen LogP contribution is -2.09. The third-order valence-corrected chi connectivity index (χ3v) is 2.60. The zero-order valence-electron chi connectivity index (χ0n) is 9.25. The van der Waals surface area contributed by atoms with Crippen LogP contribution in [0.3, 0.4) is 0 Å². The minimum absolute atomic E-state index is 0.348. The molecule has 0 saturated heterocycles. The van der Waals surface area contributed by atoms with E-state index in [-0.39, 0.29) is 0 Å². The van der Waals surface area contributed by atoms with Gasteiger partial charge in [0.15, 0.2) is 0 Å². The first-order valence-electron chi connectivity index (χ1n) is 4.90. The summed E-state index contributed by atoms with van der Waals surface area (Å²) in [4.78, 5) is 11.6. The summed E-state index contributed by atoms with van der Waals surface area (Å²) < 4.78 is 10.7. The van der Waals surface area contributed by atoms with Gasteiger partial charge >= 0.3 is 5.97 Å². The van der Waals surface area contributed by atoms with E-state index < -0.39 is 5.97 Å². The Bertz CT molecular complexity index is 393. The Balaban J connectivity index is 2.97. The van der Waals surface area contributed by atoms with Gasteiger partial charge in [-0.2, -0.15) is 0 Å². The highest BCUT2D eigenvalue weighted by atomic mass is 79.9. The molecular weight excluding hydrogens is 274 g/mol. The minimum atomic E-state index is -0.414. The maximum atomic E-state index is 11.6. The molecule has 88 valence electrons. The van der Waals surface area contributed by atoms with Gasteiger partial charge in [-0.3, -0.25) is 0 Å². The molecule has 0 spiro atoms. The monoisotopic (exact) mass is 287 g/mol. The summed E-state index contributed by atoms with van der Waals surface area (Å²) in [6.07, 6.45) is 0.781. The van der Waals surface area contributed by atoms with Gasteiger partial charge in [0.2, 0.25) is 0 Å². The van der Waals surface area contributed by atoms with Crippen LogP contribution in [0, 0.1) is 0 Å². The number of ether oxygens (including phenoxy) is 2. The molecule has 5 heteroatoms. The molecule has 0 amide bonds. The quantitative estimate of drug-likeness (QED) is 0.683. The average molecular weight is 288 g/mol. The fourth-order valence-corrected chi connectivity index (χ4v) is 1.68. The highest BCUT2D eigenvalue weighted by Crippen LogP contribution is 2.30. The van der Waals surface area contributed by atoms with Crippen LogP contribution >= 0.6 is 15.9 Å². The summed E-state index contributed by atoms with van der Waals surface area (Å²) >= 11 is 3.29. The number of rotatable bonds is 4. The third kappa shape index (κ3) is 2.88. The highest BCUT2D eigenvalue weighted by molar-refractivity contribution is 9.10. The Morgan fingerprint density at radius 2 is 2.19 bits per heavy atom. The van der Waals surface area contributed by atoms with Gasteiger partial charge in [0.1, 0.15) is 5.75 Å². The van der Waals surface area contributed by atoms with Gasteiger partial charge in [0.25, 0.3) is 0 Å². The summed E-state index contributed by atoms with van der Waals surface area (Å²) in [5, 5.41) is 0. The standard InChI is InChI=1S/C11H14BrNO3/c1-3-4-16-11(14)7-5-8(12)10(15-2)6-9(7)13/h5-6H,3-4,13H2,1-2H3. The molecule has 1 aromatic carbocycles. The predicted octanol–water partition coefficient (Wildman–Crippen LogP) is 2.61. The number of carbonyl (C=O) groups excluding carboxylic acids is 1. The van der Waals surface area contributed by atoms with Gasteiger partial charge in [-0.15, -0.1) is 0 Å².